The molecular weight excluding hydrogens is 360 g/mol. The van der Waals surface area contributed by atoms with Crippen LogP contribution in [-0.2, 0) is 13.1 Å². The van der Waals surface area contributed by atoms with Crippen molar-refractivity contribution in [2.45, 2.75) is 38.8 Å². The molecule has 1 aliphatic heterocycles. The first-order valence-electron chi connectivity index (χ1n) is 11.0. The van der Waals surface area contributed by atoms with Crippen molar-refractivity contribution in [3.8, 4) is 0 Å². The maximum absolute atomic E-state index is 11.1. The number of rotatable bonds is 8. The minimum absolute atomic E-state index is 0.720. The molecule has 0 bridgehead atoms. The molecule has 2 fully saturated rings. The summed E-state index contributed by atoms with van der Waals surface area (Å²) in [6, 6.07) is 21.5. The lowest BCUT2D eigenvalue weighted by atomic mass is 9.90. The highest BCUT2D eigenvalue weighted by molar-refractivity contribution is 5.64. The minimum atomic E-state index is -0.756. The summed E-state index contributed by atoms with van der Waals surface area (Å²) >= 11 is 0. The van der Waals surface area contributed by atoms with Gasteiger partial charge in [0.2, 0.25) is 0 Å². The zero-order chi connectivity index (χ0) is 20.1. The van der Waals surface area contributed by atoms with Crippen molar-refractivity contribution in [1.29, 1.82) is 0 Å². The van der Waals surface area contributed by atoms with Gasteiger partial charge >= 0.3 is 6.09 Å². The summed E-state index contributed by atoms with van der Waals surface area (Å²) < 4.78 is 0. The van der Waals surface area contributed by atoms with Gasteiger partial charge in [-0.15, -0.1) is 0 Å². The van der Waals surface area contributed by atoms with Crippen LogP contribution in [0.3, 0.4) is 0 Å². The Morgan fingerprint density at radius 2 is 1.48 bits per heavy atom. The Bertz CT molecular complexity index is 730. The molecule has 4 heteroatoms. The molecule has 29 heavy (non-hydrogen) atoms. The lowest BCUT2D eigenvalue weighted by Crippen LogP contribution is -2.38. The van der Waals surface area contributed by atoms with Gasteiger partial charge in [-0.05, 0) is 61.1 Å². The number of nitrogens with zero attached hydrogens (tertiary/aromatic N) is 2. The summed E-state index contributed by atoms with van der Waals surface area (Å²) in [6.45, 7) is 4.54. The number of likely N-dealkylation sites (tertiary alicyclic amines) is 1. The van der Waals surface area contributed by atoms with Crippen LogP contribution in [0.4, 0.5) is 4.79 Å². The lowest BCUT2D eigenvalue weighted by Gasteiger charge is -2.30. The predicted octanol–water partition coefficient (Wildman–Crippen LogP) is 5.11. The molecular formula is C25H32N2O2. The lowest BCUT2D eigenvalue weighted by molar-refractivity contribution is 0.119. The van der Waals surface area contributed by atoms with Gasteiger partial charge in [-0.1, -0.05) is 60.7 Å². The van der Waals surface area contributed by atoms with Crippen molar-refractivity contribution in [1.82, 2.24) is 9.80 Å². The van der Waals surface area contributed by atoms with Crippen molar-refractivity contribution in [3.63, 3.8) is 0 Å². The molecule has 0 unspecified atom stereocenters. The van der Waals surface area contributed by atoms with Crippen molar-refractivity contribution in [2.24, 2.45) is 17.8 Å². The highest BCUT2D eigenvalue weighted by Crippen LogP contribution is 2.49. The summed E-state index contributed by atoms with van der Waals surface area (Å²) in [7, 11) is 0. The molecule has 2 atom stereocenters. The average Bonchev–Trinajstić information content (AvgIpc) is 3.53. The van der Waals surface area contributed by atoms with Crippen LogP contribution in [0.15, 0.2) is 60.7 Å². The fraction of sp³-hybridized carbons (Fsp3) is 0.480. The Labute approximate surface area is 174 Å². The molecule has 0 radical (unpaired) electrons. The summed E-state index contributed by atoms with van der Waals surface area (Å²) in [4.78, 5) is 15.3. The Morgan fingerprint density at radius 1 is 0.931 bits per heavy atom. The largest absolute Gasteiger partial charge is 0.465 e. The van der Waals surface area contributed by atoms with Gasteiger partial charge in [-0.2, -0.15) is 0 Å². The van der Waals surface area contributed by atoms with E-state index in [0.717, 1.165) is 63.3 Å². The Morgan fingerprint density at radius 3 is 2.00 bits per heavy atom. The van der Waals surface area contributed by atoms with E-state index in [1.54, 1.807) is 4.90 Å². The van der Waals surface area contributed by atoms with Crippen LogP contribution >= 0.6 is 0 Å². The zero-order valence-electron chi connectivity index (χ0n) is 17.1. The molecule has 1 saturated carbocycles. The molecule has 154 valence electrons. The second kappa shape index (κ2) is 9.45. The summed E-state index contributed by atoms with van der Waals surface area (Å²) in [5.74, 6) is 2.37. The maximum atomic E-state index is 11.1. The smallest absolute Gasteiger partial charge is 0.407 e. The number of benzene rings is 2. The number of carbonyl (C=O) groups is 1. The molecule has 1 saturated heterocycles. The first-order chi connectivity index (χ1) is 14.2. The monoisotopic (exact) mass is 392 g/mol. The van der Waals surface area contributed by atoms with E-state index < -0.39 is 6.09 Å². The van der Waals surface area contributed by atoms with Gasteiger partial charge < -0.3 is 10.0 Å². The third-order valence-corrected chi connectivity index (χ3v) is 6.71. The molecule has 2 aliphatic rings. The first-order valence-corrected chi connectivity index (χ1v) is 11.0. The van der Waals surface area contributed by atoms with E-state index in [1.807, 2.05) is 0 Å². The summed E-state index contributed by atoms with van der Waals surface area (Å²) in [5, 5.41) is 9.14. The maximum Gasteiger partial charge on any atom is 0.407 e. The van der Waals surface area contributed by atoms with Crippen LogP contribution in [0, 0.1) is 17.8 Å². The third kappa shape index (κ3) is 5.60. The molecule has 4 nitrogen and oxygen atoms in total. The quantitative estimate of drug-likeness (QED) is 0.679. The van der Waals surface area contributed by atoms with Crippen molar-refractivity contribution in [3.05, 3.63) is 71.8 Å². The predicted molar refractivity (Wildman–Crippen MR) is 116 cm³/mol. The first kappa shape index (κ1) is 20.0. The zero-order valence-corrected chi connectivity index (χ0v) is 17.1. The van der Waals surface area contributed by atoms with Crippen molar-refractivity contribution >= 4 is 6.09 Å². The summed E-state index contributed by atoms with van der Waals surface area (Å²) in [5.41, 5.74) is 2.74. The second-order valence-corrected chi connectivity index (χ2v) is 8.74. The molecule has 1 aliphatic carbocycles. The van der Waals surface area contributed by atoms with Gasteiger partial charge in [0.15, 0.2) is 0 Å². The highest BCUT2D eigenvalue weighted by atomic mass is 16.4. The van der Waals surface area contributed by atoms with Gasteiger partial charge in [0, 0.05) is 26.2 Å². The van der Waals surface area contributed by atoms with Gasteiger partial charge in [0.1, 0.15) is 0 Å². The van der Waals surface area contributed by atoms with E-state index in [0.29, 0.717) is 0 Å². The molecule has 1 N–H and O–H groups in total. The van der Waals surface area contributed by atoms with Gasteiger partial charge in [0.25, 0.3) is 0 Å². The standard InChI is InChI=1S/C25H32N2O2/c28-25(29)27-15-12-22(13-16-27)24-17-23(24)11-14-26(18-20-7-3-1-4-8-20)19-21-9-5-2-6-10-21/h1-10,22-24H,11-19H2,(H,28,29)/t23-,24+/m0/s1. The van der Waals surface area contributed by atoms with Crippen LogP contribution in [0.1, 0.15) is 36.8 Å². The molecule has 2 aromatic rings. The molecule has 0 spiro atoms. The Balaban J connectivity index is 1.29. The number of piperidine rings is 1. The Kier molecular flexibility index (Phi) is 6.50. The van der Waals surface area contributed by atoms with E-state index in [9.17, 15) is 4.79 Å². The molecule has 2 aromatic carbocycles. The van der Waals surface area contributed by atoms with Gasteiger partial charge in [-0.25, -0.2) is 4.79 Å². The van der Waals surface area contributed by atoms with Gasteiger partial charge in [0.05, 0.1) is 0 Å². The normalized spacial score (nSPS) is 22.0. The average molecular weight is 393 g/mol. The van der Waals surface area contributed by atoms with Gasteiger partial charge in [-0.3, -0.25) is 4.90 Å². The fourth-order valence-electron chi connectivity index (χ4n) is 4.94. The topological polar surface area (TPSA) is 43.8 Å². The molecule has 4 rings (SSSR count). The molecule has 0 aromatic heterocycles. The van der Waals surface area contributed by atoms with E-state index >= 15 is 0 Å². The number of amides is 1. The fourth-order valence-corrected chi connectivity index (χ4v) is 4.94. The van der Waals surface area contributed by atoms with E-state index in [1.165, 1.54) is 24.0 Å². The van der Waals surface area contributed by atoms with Crippen LogP contribution in [0.2, 0.25) is 0 Å². The van der Waals surface area contributed by atoms with Crippen LogP contribution < -0.4 is 0 Å². The molecule has 1 heterocycles. The third-order valence-electron chi connectivity index (χ3n) is 6.71. The highest BCUT2D eigenvalue weighted by Gasteiger charge is 2.43. The van der Waals surface area contributed by atoms with Crippen LogP contribution in [0.25, 0.3) is 0 Å². The molecule has 1 amide bonds. The van der Waals surface area contributed by atoms with E-state index in [2.05, 4.69) is 65.6 Å². The minimum Gasteiger partial charge on any atom is -0.465 e. The Hall–Kier alpha value is -2.33. The van der Waals surface area contributed by atoms with Crippen LogP contribution in [-0.4, -0.2) is 40.6 Å². The van der Waals surface area contributed by atoms with Crippen LogP contribution in [0.5, 0.6) is 0 Å². The van der Waals surface area contributed by atoms with E-state index in [-0.39, 0.29) is 0 Å². The van der Waals surface area contributed by atoms with Crippen molar-refractivity contribution < 1.29 is 9.90 Å². The van der Waals surface area contributed by atoms with Crippen molar-refractivity contribution in [2.75, 3.05) is 19.6 Å². The number of hydrogen-bond acceptors (Lipinski definition) is 2. The van der Waals surface area contributed by atoms with E-state index in [4.69, 9.17) is 5.11 Å². The number of hydrogen-bond donors (Lipinski definition) is 1. The second-order valence-electron chi connectivity index (χ2n) is 8.74. The SMILES string of the molecule is O=C(O)N1CCC([C@H]2C[C@@H]2CCN(Cc2ccccc2)Cc2ccccc2)CC1. The number of carboxylic acid groups (broad SMARTS) is 1. The summed E-state index contributed by atoms with van der Waals surface area (Å²) in [6.07, 6.45) is 3.93.